The summed E-state index contributed by atoms with van der Waals surface area (Å²) in [7, 11) is 0. The van der Waals surface area contributed by atoms with Crippen molar-refractivity contribution in [2.24, 2.45) is 0 Å². The molecule has 0 aliphatic carbocycles. The molecule has 0 saturated heterocycles. The second-order valence-electron chi connectivity index (χ2n) is 10.5. The van der Waals surface area contributed by atoms with E-state index in [-0.39, 0.29) is 50.9 Å². The van der Waals surface area contributed by atoms with Crippen LogP contribution in [-0.4, -0.2) is 29.8 Å². The Hall–Kier alpha value is -6.29. The van der Waals surface area contributed by atoms with Gasteiger partial charge in [-0.15, -0.1) is 0 Å². The zero-order valence-corrected chi connectivity index (χ0v) is 27.0. The summed E-state index contributed by atoms with van der Waals surface area (Å²) < 4.78 is 27.1. The van der Waals surface area contributed by atoms with Crippen molar-refractivity contribution < 1.29 is 47.7 Å². The summed E-state index contributed by atoms with van der Waals surface area (Å²) in [6.45, 7) is 20.6. The first-order chi connectivity index (χ1) is 22.7. The lowest BCUT2D eigenvalue weighted by Crippen LogP contribution is -2.13. The SMILES string of the molecule is C=C(C)C(=O)Oc1ccc(/C=C/C(=O)Oc2cc(OC(=O)C(=C)CC)c(-c3ccc(OC(=O)C(=C)C)cc3)cc2OC(=O)C(=C)C)cc1. The lowest BCUT2D eigenvalue weighted by Gasteiger charge is -2.16. The van der Waals surface area contributed by atoms with Gasteiger partial charge in [0, 0.05) is 40.0 Å². The Morgan fingerprint density at radius 3 is 1.54 bits per heavy atom. The molecule has 0 unspecified atom stereocenters. The minimum absolute atomic E-state index is 0.0388. The van der Waals surface area contributed by atoms with Crippen LogP contribution in [0.25, 0.3) is 17.2 Å². The van der Waals surface area contributed by atoms with Gasteiger partial charge in [-0.1, -0.05) is 57.5 Å². The van der Waals surface area contributed by atoms with Gasteiger partial charge in [-0.25, -0.2) is 24.0 Å². The van der Waals surface area contributed by atoms with Crippen molar-refractivity contribution in [1.82, 2.24) is 0 Å². The van der Waals surface area contributed by atoms with Crippen molar-refractivity contribution in [1.29, 1.82) is 0 Å². The van der Waals surface area contributed by atoms with Crippen LogP contribution in [-0.2, 0) is 24.0 Å². The van der Waals surface area contributed by atoms with E-state index < -0.39 is 29.8 Å². The molecular formula is C38H34O10. The van der Waals surface area contributed by atoms with Crippen molar-refractivity contribution in [3.63, 3.8) is 0 Å². The molecule has 3 aromatic carbocycles. The van der Waals surface area contributed by atoms with Crippen molar-refractivity contribution in [3.8, 4) is 39.9 Å². The number of hydrogen-bond acceptors (Lipinski definition) is 10. The van der Waals surface area contributed by atoms with Crippen LogP contribution < -0.4 is 23.7 Å². The van der Waals surface area contributed by atoms with Gasteiger partial charge in [-0.3, -0.25) is 0 Å². The monoisotopic (exact) mass is 650 g/mol. The van der Waals surface area contributed by atoms with E-state index >= 15 is 0 Å². The van der Waals surface area contributed by atoms with Crippen molar-refractivity contribution >= 4 is 35.9 Å². The predicted molar refractivity (Wildman–Crippen MR) is 179 cm³/mol. The number of esters is 5. The highest BCUT2D eigenvalue weighted by atomic mass is 16.6. The van der Waals surface area contributed by atoms with Gasteiger partial charge < -0.3 is 23.7 Å². The zero-order valence-electron chi connectivity index (χ0n) is 27.0. The average Bonchev–Trinajstić information content (AvgIpc) is 3.05. The standard InChI is InChI=1S/C38H34O10/c1-9-25(8)38(43)47-31-21-33(46-34(39)19-12-26-10-15-28(16-11-26)44-35(40)22(2)3)32(48-37(42)24(6)7)20-30(31)27-13-17-29(18-14-27)45-36(41)23(4)5/h10-21H,2,4,6,8-9H2,1,3,5,7H3/b19-12+. The van der Waals surface area contributed by atoms with Crippen LogP contribution >= 0.6 is 0 Å². The Morgan fingerprint density at radius 1 is 0.583 bits per heavy atom. The van der Waals surface area contributed by atoms with Gasteiger partial charge in [0.05, 0.1) is 0 Å². The average molecular weight is 651 g/mol. The smallest absolute Gasteiger partial charge is 0.338 e. The van der Waals surface area contributed by atoms with Crippen molar-refractivity contribution in [2.75, 3.05) is 0 Å². The molecule has 0 atom stereocenters. The van der Waals surface area contributed by atoms with E-state index in [4.69, 9.17) is 23.7 Å². The maximum absolute atomic E-state index is 12.9. The summed E-state index contributed by atoms with van der Waals surface area (Å²) in [5.74, 6) is -3.47. The highest BCUT2D eigenvalue weighted by Crippen LogP contribution is 2.42. The van der Waals surface area contributed by atoms with E-state index in [1.54, 1.807) is 43.3 Å². The van der Waals surface area contributed by atoms with Gasteiger partial charge in [0.25, 0.3) is 0 Å². The maximum Gasteiger partial charge on any atom is 0.338 e. The topological polar surface area (TPSA) is 132 Å². The van der Waals surface area contributed by atoms with Gasteiger partial charge in [-0.2, -0.15) is 0 Å². The Bertz CT molecular complexity index is 1840. The maximum atomic E-state index is 12.9. The lowest BCUT2D eigenvalue weighted by molar-refractivity contribution is -0.132. The third-order valence-electron chi connectivity index (χ3n) is 6.30. The summed E-state index contributed by atoms with van der Waals surface area (Å²) in [6, 6.07) is 15.1. The minimum Gasteiger partial charge on any atom is -0.423 e. The summed E-state index contributed by atoms with van der Waals surface area (Å²) in [6.07, 6.45) is 2.90. The van der Waals surface area contributed by atoms with Crippen LogP contribution in [0.1, 0.15) is 39.7 Å². The van der Waals surface area contributed by atoms with Gasteiger partial charge in [0.15, 0.2) is 11.5 Å². The fourth-order valence-corrected chi connectivity index (χ4v) is 3.56. The molecular weight excluding hydrogens is 616 g/mol. The molecule has 48 heavy (non-hydrogen) atoms. The quantitative estimate of drug-likeness (QED) is 0.106. The van der Waals surface area contributed by atoms with Crippen molar-refractivity contribution in [2.45, 2.75) is 34.1 Å². The second-order valence-corrected chi connectivity index (χ2v) is 10.5. The van der Waals surface area contributed by atoms with Crippen LogP contribution in [0.2, 0.25) is 0 Å². The van der Waals surface area contributed by atoms with Crippen LogP contribution in [0.3, 0.4) is 0 Å². The van der Waals surface area contributed by atoms with E-state index in [1.807, 2.05) is 0 Å². The van der Waals surface area contributed by atoms with Gasteiger partial charge in [0.1, 0.15) is 17.2 Å². The molecule has 0 N–H and O–H groups in total. The number of rotatable bonds is 13. The third kappa shape index (κ3) is 10.1. The fraction of sp³-hybridized carbons (Fsp3) is 0.132. The highest BCUT2D eigenvalue weighted by Gasteiger charge is 2.22. The molecule has 0 saturated carbocycles. The first-order valence-corrected chi connectivity index (χ1v) is 14.5. The number of benzene rings is 3. The summed E-state index contributed by atoms with van der Waals surface area (Å²) in [4.78, 5) is 62.0. The predicted octanol–water partition coefficient (Wildman–Crippen LogP) is 7.29. The summed E-state index contributed by atoms with van der Waals surface area (Å²) >= 11 is 0. The normalized spacial score (nSPS) is 10.4. The van der Waals surface area contributed by atoms with E-state index in [1.165, 1.54) is 51.1 Å². The minimum atomic E-state index is -0.855. The highest BCUT2D eigenvalue weighted by molar-refractivity contribution is 5.94. The van der Waals surface area contributed by atoms with Gasteiger partial charge in [-0.05, 0) is 74.7 Å². The molecule has 3 aromatic rings. The van der Waals surface area contributed by atoms with Crippen LogP contribution in [0.5, 0.6) is 28.7 Å². The molecule has 0 amide bonds. The number of carbonyl (C=O) groups is 5. The zero-order chi connectivity index (χ0) is 35.5. The molecule has 0 aliphatic rings. The van der Waals surface area contributed by atoms with Gasteiger partial charge in [0.2, 0.25) is 0 Å². The Labute approximate surface area is 278 Å². The number of ether oxygens (including phenoxy) is 5. The number of carbonyl (C=O) groups excluding carboxylic acids is 5. The molecule has 246 valence electrons. The first kappa shape index (κ1) is 36.2. The molecule has 0 aromatic heterocycles. The molecule has 0 radical (unpaired) electrons. The Kier molecular flexibility index (Phi) is 12.3. The van der Waals surface area contributed by atoms with Gasteiger partial charge >= 0.3 is 29.8 Å². The first-order valence-electron chi connectivity index (χ1n) is 14.5. The van der Waals surface area contributed by atoms with Crippen LogP contribution in [0.4, 0.5) is 0 Å². The van der Waals surface area contributed by atoms with Crippen LogP contribution in [0.15, 0.2) is 115 Å². The van der Waals surface area contributed by atoms with E-state index in [9.17, 15) is 24.0 Å². The van der Waals surface area contributed by atoms with Crippen molar-refractivity contribution in [3.05, 3.63) is 121 Å². The Balaban J connectivity index is 2.01. The molecule has 0 aliphatic heterocycles. The molecule has 10 nitrogen and oxygen atoms in total. The molecule has 10 heteroatoms. The number of hydrogen-bond donors (Lipinski definition) is 0. The summed E-state index contributed by atoms with van der Waals surface area (Å²) in [5.41, 5.74) is 2.04. The van der Waals surface area contributed by atoms with E-state index in [2.05, 4.69) is 26.3 Å². The van der Waals surface area contributed by atoms with Crippen LogP contribution in [0, 0.1) is 0 Å². The van der Waals surface area contributed by atoms with E-state index in [0.717, 1.165) is 6.08 Å². The van der Waals surface area contributed by atoms with E-state index in [0.29, 0.717) is 23.3 Å². The molecule has 0 heterocycles. The molecule has 0 spiro atoms. The Morgan fingerprint density at radius 2 is 1.04 bits per heavy atom. The lowest BCUT2D eigenvalue weighted by atomic mass is 10.0. The molecule has 3 rings (SSSR count). The summed E-state index contributed by atoms with van der Waals surface area (Å²) in [5, 5.41) is 0. The second kappa shape index (κ2) is 16.3. The fourth-order valence-electron chi connectivity index (χ4n) is 3.56. The largest absolute Gasteiger partial charge is 0.423 e. The third-order valence-corrected chi connectivity index (χ3v) is 6.30. The molecule has 0 fully saturated rings. The molecule has 0 bridgehead atoms.